The normalized spacial score (nSPS) is 13.8. The van der Waals surface area contributed by atoms with E-state index in [1.165, 1.54) is 70.6 Å². The van der Waals surface area contributed by atoms with Crippen molar-refractivity contribution in [2.24, 2.45) is 0 Å². The molecule has 6 heteroatoms. The van der Waals surface area contributed by atoms with Gasteiger partial charge in [-0.15, -0.1) is 0 Å². The van der Waals surface area contributed by atoms with Crippen LogP contribution in [0.5, 0.6) is 0 Å². The Hall–Kier alpha value is 1.51. The van der Waals surface area contributed by atoms with Gasteiger partial charge in [0.2, 0.25) is 0 Å². The molecule has 0 spiro atoms. The maximum absolute atomic E-state index is 11.4. The summed E-state index contributed by atoms with van der Waals surface area (Å²) in [5.41, 5.74) is 0. The van der Waals surface area contributed by atoms with Gasteiger partial charge < -0.3 is 9.66 Å². The van der Waals surface area contributed by atoms with Gasteiger partial charge in [-0.1, -0.05) is 110 Å². The van der Waals surface area contributed by atoms with E-state index >= 15 is 0 Å². The molecular weight excluding hydrogens is 411 g/mol. The summed E-state index contributed by atoms with van der Waals surface area (Å²) in [6, 6.07) is 0. The average Bonchev–Trinajstić information content (AvgIpc) is 2.63. The van der Waals surface area contributed by atoms with E-state index in [1.54, 1.807) is 0 Å². The van der Waals surface area contributed by atoms with Crippen LogP contribution < -0.4 is 51.4 Å². The number of aliphatic hydroxyl groups excluding tert-OH is 1. The van der Waals surface area contributed by atoms with Crippen molar-refractivity contribution in [2.75, 3.05) is 0 Å². The van der Waals surface area contributed by atoms with Crippen LogP contribution >= 0.6 is 0 Å². The predicted molar refractivity (Wildman–Crippen MR) is 119 cm³/mol. The third kappa shape index (κ3) is 22.5. The zero-order valence-corrected chi connectivity index (χ0v) is 23.6. The maximum Gasteiger partial charge on any atom is 1.00 e. The van der Waals surface area contributed by atoms with Gasteiger partial charge >= 0.3 is 51.4 Å². The second-order valence-corrected chi connectivity index (χ2v) is 10.2. The molecule has 170 valence electrons. The molecule has 1 N–H and O–H groups in total. The van der Waals surface area contributed by atoms with Crippen LogP contribution in [-0.4, -0.2) is 29.4 Å². The summed E-state index contributed by atoms with van der Waals surface area (Å²) in [4.78, 5) is 0. The van der Waals surface area contributed by atoms with Crippen LogP contribution in [-0.2, 0) is 10.1 Å². The summed E-state index contributed by atoms with van der Waals surface area (Å²) in [5.74, 6) is 0. The minimum atomic E-state index is -4.25. The van der Waals surface area contributed by atoms with Crippen molar-refractivity contribution in [3.63, 3.8) is 0 Å². The zero-order valence-electron chi connectivity index (χ0n) is 19.7. The van der Waals surface area contributed by atoms with Gasteiger partial charge in [0, 0.05) is 5.25 Å². The van der Waals surface area contributed by atoms with Gasteiger partial charge in [-0.25, -0.2) is 8.42 Å². The number of unbranched alkanes of at least 4 members (excludes halogenated alkanes) is 13. The summed E-state index contributed by atoms with van der Waals surface area (Å²) in [6.45, 7) is 4.24. The number of hydrogen-bond donors (Lipinski definition) is 1. The van der Waals surface area contributed by atoms with Crippen LogP contribution in [0.25, 0.3) is 0 Å². The fraction of sp³-hybridized carbons (Fsp3) is 1.00. The van der Waals surface area contributed by atoms with Crippen LogP contribution in [0.4, 0.5) is 0 Å². The molecule has 0 radical (unpaired) electrons. The van der Waals surface area contributed by atoms with E-state index in [0.29, 0.717) is 25.7 Å². The average molecular weight is 459 g/mol. The van der Waals surface area contributed by atoms with Crippen LogP contribution in [0.3, 0.4) is 0 Å². The van der Waals surface area contributed by atoms with E-state index in [9.17, 15) is 18.1 Å². The van der Waals surface area contributed by atoms with Crippen LogP contribution in [0, 0.1) is 0 Å². The van der Waals surface area contributed by atoms with Gasteiger partial charge in [0.05, 0.1) is 16.2 Å². The number of aliphatic hydroxyl groups is 1. The second-order valence-electron chi connectivity index (χ2n) is 8.52. The van der Waals surface area contributed by atoms with Gasteiger partial charge in [0.15, 0.2) is 0 Å². The van der Waals surface area contributed by atoms with E-state index in [0.717, 1.165) is 25.7 Å². The van der Waals surface area contributed by atoms with E-state index < -0.39 is 21.5 Å². The van der Waals surface area contributed by atoms with Gasteiger partial charge in [-0.3, -0.25) is 0 Å². The first-order valence-corrected chi connectivity index (χ1v) is 13.5. The van der Waals surface area contributed by atoms with Crippen molar-refractivity contribution in [3.05, 3.63) is 0 Å². The monoisotopic (exact) mass is 458 g/mol. The molecule has 0 bridgehead atoms. The van der Waals surface area contributed by atoms with Crippen molar-refractivity contribution in [1.29, 1.82) is 0 Å². The van der Waals surface area contributed by atoms with Crippen molar-refractivity contribution in [2.45, 2.75) is 147 Å². The SMILES string of the molecule is CCCCCCCCCCCCCCCCC(CCC(O)CCC)S(=O)(=O)[O-].[K+]. The molecule has 0 heterocycles. The van der Waals surface area contributed by atoms with E-state index in [4.69, 9.17) is 0 Å². The van der Waals surface area contributed by atoms with Crippen LogP contribution in [0.2, 0.25) is 0 Å². The first kappa shape index (κ1) is 32.7. The zero-order chi connectivity index (χ0) is 21.1. The van der Waals surface area contributed by atoms with Crippen molar-refractivity contribution in [3.8, 4) is 0 Å². The summed E-state index contributed by atoms with van der Waals surface area (Å²) >= 11 is 0. The minimum Gasteiger partial charge on any atom is -0.748 e. The predicted octanol–water partition coefficient (Wildman–Crippen LogP) is 3.72. The largest absolute Gasteiger partial charge is 1.00 e. The molecule has 2 unspecified atom stereocenters. The summed E-state index contributed by atoms with van der Waals surface area (Å²) in [7, 11) is -4.25. The third-order valence-electron chi connectivity index (χ3n) is 5.73. The van der Waals surface area contributed by atoms with Crippen molar-refractivity contribution in [1.82, 2.24) is 0 Å². The molecule has 0 aliphatic rings. The van der Waals surface area contributed by atoms with Gasteiger partial charge in [0.1, 0.15) is 0 Å². The van der Waals surface area contributed by atoms with Crippen LogP contribution in [0.1, 0.15) is 136 Å². The fourth-order valence-electron chi connectivity index (χ4n) is 3.86. The maximum atomic E-state index is 11.4. The third-order valence-corrected chi connectivity index (χ3v) is 7.02. The van der Waals surface area contributed by atoms with Crippen molar-refractivity contribution >= 4 is 10.1 Å². The Morgan fingerprint density at radius 1 is 0.621 bits per heavy atom. The smallest absolute Gasteiger partial charge is 0.748 e. The molecule has 29 heavy (non-hydrogen) atoms. The standard InChI is InChI=1S/C23H48O4S.K/c1-3-5-6-7-8-9-10-11-12-13-14-15-16-17-19-23(28(25,26)27)21-20-22(24)18-4-2;/h22-24H,3-21H2,1-2H3,(H,25,26,27);/q;+1/p-1. The Morgan fingerprint density at radius 3 is 1.41 bits per heavy atom. The molecule has 0 amide bonds. The molecule has 0 aromatic heterocycles. The molecule has 0 saturated carbocycles. The molecule has 0 aliphatic heterocycles. The Bertz CT molecular complexity index is 429. The molecule has 2 atom stereocenters. The molecule has 0 aromatic carbocycles. The van der Waals surface area contributed by atoms with E-state index in [1.807, 2.05) is 6.92 Å². The first-order chi connectivity index (χ1) is 13.4. The summed E-state index contributed by atoms with van der Waals surface area (Å²) in [6.07, 6.45) is 19.9. The fourth-order valence-corrected chi connectivity index (χ4v) is 4.74. The quantitative estimate of drug-likeness (QED) is 0.162. The molecule has 0 aliphatic carbocycles. The Balaban J connectivity index is 0. The molecule has 0 rings (SSSR count). The molecule has 0 saturated heterocycles. The molecule has 4 nitrogen and oxygen atoms in total. The van der Waals surface area contributed by atoms with Gasteiger partial charge in [-0.05, 0) is 25.7 Å². The van der Waals surface area contributed by atoms with E-state index in [2.05, 4.69) is 6.92 Å². The van der Waals surface area contributed by atoms with Gasteiger partial charge in [-0.2, -0.15) is 0 Å². The molecular formula is C23H47KO4S. The van der Waals surface area contributed by atoms with E-state index in [-0.39, 0.29) is 51.4 Å². The van der Waals surface area contributed by atoms with Crippen molar-refractivity contribution < 1.29 is 69.5 Å². The Morgan fingerprint density at radius 2 is 1.03 bits per heavy atom. The number of rotatable bonds is 21. The molecule has 0 fully saturated rings. The second kappa shape index (κ2) is 22.7. The Labute approximate surface area is 224 Å². The van der Waals surface area contributed by atoms with Gasteiger partial charge in [0.25, 0.3) is 0 Å². The number of hydrogen-bond acceptors (Lipinski definition) is 4. The Kier molecular flexibility index (Phi) is 25.6. The molecule has 0 aromatic rings. The minimum absolute atomic E-state index is 0. The topological polar surface area (TPSA) is 77.4 Å². The summed E-state index contributed by atoms with van der Waals surface area (Å²) < 4.78 is 34.3. The first-order valence-electron chi connectivity index (χ1n) is 12.0. The van der Waals surface area contributed by atoms with Crippen LogP contribution in [0.15, 0.2) is 0 Å². The summed E-state index contributed by atoms with van der Waals surface area (Å²) in [5, 5.41) is 8.94.